The Morgan fingerprint density at radius 1 is 1.47 bits per heavy atom. The van der Waals surface area contributed by atoms with Crippen LogP contribution in [0.4, 0.5) is 0 Å². The molecule has 0 amide bonds. The van der Waals surface area contributed by atoms with Crippen LogP contribution in [0.3, 0.4) is 0 Å². The Labute approximate surface area is 101 Å². The molecule has 0 aromatic carbocycles. The van der Waals surface area contributed by atoms with Crippen molar-refractivity contribution in [3.8, 4) is 0 Å². The van der Waals surface area contributed by atoms with E-state index in [4.69, 9.17) is 5.73 Å². The monoisotopic (exact) mass is 258 g/mol. The lowest BCUT2D eigenvalue weighted by Crippen LogP contribution is -2.48. The molecule has 2 unspecified atom stereocenters. The van der Waals surface area contributed by atoms with Gasteiger partial charge in [-0.25, -0.2) is 13.4 Å². The van der Waals surface area contributed by atoms with Gasteiger partial charge in [0.05, 0.1) is 6.33 Å². The van der Waals surface area contributed by atoms with Gasteiger partial charge in [0.25, 0.3) is 10.0 Å². The fraction of sp³-hybridized carbons (Fsp3) is 0.700. The van der Waals surface area contributed by atoms with Crippen LogP contribution < -0.4 is 5.73 Å². The molecule has 2 heterocycles. The predicted octanol–water partition coefficient (Wildman–Crippen LogP) is -0.222. The normalized spacial score (nSPS) is 27.2. The van der Waals surface area contributed by atoms with Crippen LogP contribution in [0.2, 0.25) is 0 Å². The van der Waals surface area contributed by atoms with Crippen LogP contribution in [0.5, 0.6) is 0 Å². The van der Waals surface area contributed by atoms with Crippen molar-refractivity contribution in [2.75, 3.05) is 13.1 Å². The number of aryl methyl sites for hydroxylation is 1. The minimum absolute atomic E-state index is 0.0859. The van der Waals surface area contributed by atoms with Gasteiger partial charge in [0.2, 0.25) is 0 Å². The fourth-order valence-electron chi connectivity index (χ4n) is 2.20. The van der Waals surface area contributed by atoms with Crippen LogP contribution >= 0.6 is 0 Å². The third kappa shape index (κ3) is 2.51. The number of hydrogen-bond acceptors (Lipinski definition) is 4. The van der Waals surface area contributed by atoms with Crippen molar-refractivity contribution >= 4 is 10.0 Å². The molecule has 1 aromatic rings. The lowest BCUT2D eigenvalue weighted by atomic mass is 9.99. The highest BCUT2D eigenvalue weighted by atomic mass is 32.2. The number of aromatic nitrogens is 2. The number of nitrogens with zero attached hydrogens (tertiary/aromatic N) is 3. The summed E-state index contributed by atoms with van der Waals surface area (Å²) in [4.78, 5) is 3.91. The van der Waals surface area contributed by atoms with E-state index in [1.54, 1.807) is 11.6 Å². The first-order chi connectivity index (χ1) is 7.89. The molecule has 96 valence electrons. The molecule has 0 saturated carbocycles. The van der Waals surface area contributed by atoms with Crippen molar-refractivity contribution in [1.82, 2.24) is 13.9 Å². The van der Waals surface area contributed by atoms with Crippen molar-refractivity contribution < 1.29 is 8.42 Å². The minimum Gasteiger partial charge on any atom is -0.339 e. The standard InChI is InChI=1S/C10H18N4O2S/c1-8-3-9(11)5-14(4-8)17(15,16)10-6-13(2)7-12-10/h6-9H,3-5,11H2,1-2H3. The van der Waals surface area contributed by atoms with E-state index in [0.717, 1.165) is 6.42 Å². The first-order valence-corrected chi connectivity index (χ1v) is 7.07. The molecule has 17 heavy (non-hydrogen) atoms. The van der Waals surface area contributed by atoms with Gasteiger partial charge >= 0.3 is 0 Å². The number of piperidine rings is 1. The van der Waals surface area contributed by atoms with Gasteiger partial charge in [-0.15, -0.1) is 0 Å². The maximum absolute atomic E-state index is 12.3. The SMILES string of the molecule is CC1CC(N)CN(S(=O)(=O)c2cn(C)cn2)C1. The van der Waals surface area contributed by atoms with Crippen molar-refractivity contribution in [3.63, 3.8) is 0 Å². The second-order valence-electron chi connectivity index (χ2n) is 4.80. The molecule has 0 radical (unpaired) electrons. The summed E-state index contributed by atoms with van der Waals surface area (Å²) >= 11 is 0. The van der Waals surface area contributed by atoms with Crippen molar-refractivity contribution in [1.29, 1.82) is 0 Å². The van der Waals surface area contributed by atoms with Gasteiger partial charge in [-0.3, -0.25) is 0 Å². The van der Waals surface area contributed by atoms with Gasteiger partial charge in [0.15, 0.2) is 5.03 Å². The molecule has 1 aliphatic rings. The number of hydrogen-bond donors (Lipinski definition) is 1. The second kappa shape index (κ2) is 4.40. The summed E-state index contributed by atoms with van der Waals surface area (Å²) in [5.74, 6) is 0.289. The zero-order chi connectivity index (χ0) is 12.6. The van der Waals surface area contributed by atoms with Crippen molar-refractivity contribution in [2.24, 2.45) is 18.7 Å². The Morgan fingerprint density at radius 3 is 2.71 bits per heavy atom. The topological polar surface area (TPSA) is 81.2 Å². The summed E-state index contributed by atoms with van der Waals surface area (Å²) in [7, 11) is -1.74. The van der Waals surface area contributed by atoms with Crippen molar-refractivity contribution in [3.05, 3.63) is 12.5 Å². The quantitative estimate of drug-likeness (QED) is 0.795. The number of sulfonamides is 1. The third-order valence-corrected chi connectivity index (χ3v) is 4.66. The summed E-state index contributed by atoms with van der Waals surface area (Å²) in [6.07, 6.45) is 3.87. The number of nitrogens with two attached hydrogens (primary N) is 1. The molecule has 0 spiro atoms. The second-order valence-corrected chi connectivity index (χ2v) is 6.69. The van der Waals surface area contributed by atoms with Crippen LogP contribution in [0.1, 0.15) is 13.3 Å². The Balaban J connectivity index is 2.26. The predicted molar refractivity (Wildman–Crippen MR) is 63.7 cm³/mol. The zero-order valence-corrected chi connectivity index (χ0v) is 10.9. The van der Waals surface area contributed by atoms with E-state index in [1.807, 2.05) is 6.92 Å². The van der Waals surface area contributed by atoms with Gasteiger partial charge < -0.3 is 10.3 Å². The summed E-state index contributed by atoms with van der Waals surface area (Å²) < 4.78 is 27.6. The van der Waals surface area contributed by atoms with Gasteiger partial charge in [-0.05, 0) is 12.3 Å². The maximum atomic E-state index is 12.3. The Bertz CT molecular complexity index is 486. The molecule has 2 atom stereocenters. The van der Waals surface area contributed by atoms with Gasteiger partial charge in [0, 0.05) is 32.4 Å². The smallest absolute Gasteiger partial charge is 0.262 e. The third-order valence-electron chi connectivity index (χ3n) is 2.94. The lowest BCUT2D eigenvalue weighted by molar-refractivity contribution is 0.254. The molecule has 0 aliphatic carbocycles. The summed E-state index contributed by atoms with van der Waals surface area (Å²) in [5.41, 5.74) is 5.86. The average Bonchev–Trinajstić information content (AvgIpc) is 2.64. The van der Waals surface area contributed by atoms with Gasteiger partial charge in [-0.1, -0.05) is 6.92 Å². The van der Waals surface area contributed by atoms with E-state index in [2.05, 4.69) is 4.98 Å². The van der Waals surface area contributed by atoms with E-state index in [-0.39, 0.29) is 17.0 Å². The van der Waals surface area contributed by atoms with E-state index in [0.29, 0.717) is 13.1 Å². The van der Waals surface area contributed by atoms with Gasteiger partial charge in [0.1, 0.15) is 0 Å². The lowest BCUT2D eigenvalue weighted by Gasteiger charge is -2.33. The summed E-state index contributed by atoms with van der Waals surface area (Å²) in [5, 5.41) is 0.0984. The first-order valence-electron chi connectivity index (χ1n) is 5.63. The maximum Gasteiger partial charge on any atom is 0.262 e. The molecule has 0 bridgehead atoms. The zero-order valence-electron chi connectivity index (χ0n) is 10.1. The molecule has 1 aromatic heterocycles. The molecule has 6 nitrogen and oxygen atoms in total. The summed E-state index contributed by atoms with van der Waals surface area (Å²) in [6.45, 7) is 2.91. The average molecular weight is 258 g/mol. The van der Waals surface area contributed by atoms with E-state index >= 15 is 0 Å². The molecular weight excluding hydrogens is 240 g/mol. The molecule has 1 aliphatic heterocycles. The van der Waals surface area contributed by atoms with E-state index < -0.39 is 10.0 Å². The molecule has 1 saturated heterocycles. The minimum atomic E-state index is -3.49. The fourth-order valence-corrected chi connectivity index (χ4v) is 3.78. The van der Waals surface area contributed by atoms with Crippen LogP contribution in [-0.2, 0) is 17.1 Å². The van der Waals surface area contributed by atoms with Crippen molar-refractivity contribution in [2.45, 2.75) is 24.4 Å². The van der Waals surface area contributed by atoms with E-state index in [1.165, 1.54) is 16.8 Å². The van der Waals surface area contributed by atoms with Crippen LogP contribution in [0.25, 0.3) is 0 Å². The Morgan fingerprint density at radius 2 is 2.18 bits per heavy atom. The Hall–Kier alpha value is -0.920. The van der Waals surface area contributed by atoms with Crippen LogP contribution in [0, 0.1) is 5.92 Å². The van der Waals surface area contributed by atoms with E-state index in [9.17, 15) is 8.42 Å². The van der Waals surface area contributed by atoms with Gasteiger partial charge in [-0.2, -0.15) is 4.31 Å². The Kier molecular flexibility index (Phi) is 3.24. The number of imidazole rings is 1. The van der Waals surface area contributed by atoms with Crippen LogP contribution in [-0.4, -0.2) is 41.4 Å². The largest absolute Gasteiger partial charge is 0.339 e. The number of rotatable bonds is 2. The molecule has 2 N–H and O–H groups in total. The first kappa shape index (κ1) is 12.5. The molecule has 7 heteroatoms. The molecular formula is C10H18N4O2S. The van der Waals surface area contributed by atoms with Crippen LogP contribution in [0.15, 0.2) is 17.6 Å². The molecule has 1 fully saturated rings. The summed E-state index contributed by atoms with van der Waals surface area (Å²) in [6, 6.07) is -0.0859. The highest BCUT2D eigenvalue weighted by Crippen LogP contribution is 2.21. The highest BCUT2D eigenvalue weighted by Gasteiger charge is 2.33. The highest BCUT2D eigenvalue weighted by molar-refractivity contribution is 7.89. The molecule has 2 rings (SSSR count).